The molecule has 1 rings (SSSR count). The van der Waals surface area contributed by atoms with Crippen LogP contribution >= 0.6 is 0 Å². The first-order chi connectivity index (χ1) is 7.74. The SMILES string of the molecule is C[S+]([O-])c1ccc(NCCCCCN)cc1. The van der Waals surface area contributed by atoms with Gasteiger partial charge in [0.25, 0.3) is 0 Å². The Morgan fingerprint density at radius 3 is 2.44 bits per heavy atom. The molecule has 3 nitrogen and oxygen atoms in total. The van der Waals surface area contributed by atoms with E-state index in [1.54, 1.807) is 6.26 Å². The van der Waals surface area contributed by atoms with E-state index in [-0.39, 0.29) is 0 Å². The van der Waals surface area contributed by atoms with E-state index >= 15 is 0 Å². The molecule has 0 heterocycles. The molecule has 1 atom stereocenters. The van der Waals surface area contributed by atoms with Gasteiger partial charge in [-0.1, -0.05) is 6.42 Å². The Morgan fingerprint density at radius 1 is 1.19 bits per heavy atom. The van der Waals surface area contributed by atoms with Crippen LogP contribution in [0.5, 0.6) is 0 Å². The first-order valence-electron chi connectivity index (χ1n) is 5.61. The lowest BCUT2D eigenvalue weighted by atomic mass is 10.2. The van der Waals surface area contributed by atoms with Gasteiger partial charge >= 0.3 is 0 Å². The van der Waals surface area contributed by atoms with Crippen molar-refractivity contribution in [1.82, 2.24) is 0 Å². The molecule has 1 unspecified atom stereocenters. The second kappa shape index (κ2) is 7.54. The third-order valence-corrected chi connectivity index (χ3v) is 3.33. The Bertz CT molecular complexity index is 288. The summed E-state index contributed by atoms with van der Waals surface area (Å²) in [6, 6.07) is 7.75. The molecule has 0 aliphatic heterocycles. The molecule has 0 saturated heterocycles. The van der Waals surface area contributed by atoms with Crippen LogP contribution in [0.4, 0.5) is 5.69 Å². The molecule has 3 N–H and O–H groups in total. The van der Waals surface area contributed by atoms with Gasteiger partial charge in [-0.15, -0.1) is 0 Å². The monoisotopic (exact) mass is 240 g/mol. The van der Waals surface area contributed by atoms with E-state index in [9.17, 15) is 4.55 Å². The number of anilines is 1. The highest BCUT2D eigenvalue weighted by Gasteiger charge is 2.02. The maximum atomic E-state index is 11.2. The summed E-state index contributed by atoms with van der Waals surface area (Å²) in [5.41, 5.74) is 6.50. The van der Waals surface area contributed by atoms with Gasteiger partial charge in [0.2, 0.25) is 0 Å². The van der Waals surface area contributed by atoms with Gasteiger partial charge in [-0.2, -0.15) is 0 Å². The summed E-state index contributed by atoms with van der Waals surface area (Å²) in [6.07, 6.45) is 5.09. The fraction of sp³-hybridized carbons (Fsp3) is 0.500. The minimum atomic E-state index is -0.889. The van der Waals surface area contributed by atoms with Crippen molar-refractivity contribution < 1.29 is 4.55 Å². The van der Waals surface area contributed by atoms with Gasteiger partial charge in [-0.25, -0.2) is 0 Å². The Hall–Kier alpha value is -0.710. The predicted octanol–water partition coefficient (Wildman–Crippen LogP) is 1.96. The largest absolute Gasteiger partial charge is 0.612 e. The van der Waals surface area contributed by atoms with E-state index in [1.165, 1.54) is 6.42 Å². The lowest BCUT2D eigenvalue weighted by Crippen LogP contribution is -2.04. The molecule has 1 aromatic carbocycles. The maximum absolute atomic E-state index is 11.2. The van der Waals surface area contributed by atoms with Gasteiger partial charge in [0, 0.05) is 12.2 Å². The average Bonchev–Trinajstić information content (AvgIpc) is 2.29. The summed E-state index contributed by atoms with van der Waals surface area (Å²) in [4.78, 5) is 0.869. The quantitative estimate of drug-likeness (QED) is 0.566. The lowest BCUT2D eigenvalue weighted by molar-refractivity contribution is 0.601. The predicted molar refractivity (Wildman–Crippen MR) is 70.2 cm³/mol. The Kier molecular flexibility index (Phi) is 6.30. The van der Waals surface area contributed by atoms with Gasteiger partial charge in [-0.3, -0.25) is 0 Å². The van der Waals surface area contributed by atoms with Crippen molar-refractivity contribution in [2.75, 3.05) is 24.7 Å². The summed E-state index contributed by atoms with van der Waals surface area (Å²) in [5.74, 6) is 0. The molecular weight excluding hydrogens is 220 g/mol. The van der Waals surface area contributed by atoms with Crippen molar-refractivity contribution in [3.63, 3.8) is 0 Å². The van der Waals surface area contributed by atoms with Crippen LogP contribution in [0, 0.1) is 0 Å². The number of unbranched alkanes of at least 4 members (excludes halogenated alkanes) is 2. The number of nitrogens with one attached hydrogen (secondary N) is 1. The minimum Gasteiger partial charge on any atom is -0.612 e. The minimum absolute atomic E-state index is 0.775. The first-order valence-corrected chi connectivity index (χ1v) is 7.17. The zero-order chi connectivity index (χ0) is 11.8. The van der Waals surface area contributed by atoms with Crippen molar-refractivity contribution in [3.8, 4) is 0 Å². The molecule has 90 valence electrons. The number of benzene rings is 1. The third-order valence-electron chi connectivity index (χ3n) is 2.40. The molecule has 16 heavy (non-hydrogen) atoms. The molecule has 0 radical (unpaired) electrons. The summed E-state index contributed by atoms with van der Waals surface area (Å²) < 4.78 is 11.2. The number of nitrogens with two attached hydrogens (primary N) is 1. The summed E-state index contributed by atoms with van der Waals surface area (Å²) in [6.45, 7) is 1.74. The van der Waals surface area contributed by atoms with E-state index in [2.05, 4.69) is 5.32 Å². The normalized spacial score (nSPS) is 12.4. The van der Waals surface area contributed by atoms with Gasteiger partial charge < -0.3 is 15.6 Å². The third kappa shape index (κ3) is 4.88. The molecular formula is C12H20N2OS. The van der Waals surface area contributed by atoms with Crippen molar-refractivity contribution in [2.24, 2.45) is 5.73 Å². The fourth-order valence-electron chi connectivity index (χ4n) is 1.44. The maximum Gasteiger partial charge on any atom is 0.152 e. The summed E-state index contributed by atoms with van der Waals surface area (Å²) in [5, 5.41) is 3.33. The zero-order valence-corrected chi connectivity index (χ0v) is 10.6. The van der Waals surface area contributed by atoms with E-state index in [0.29, 0.717) is 0 Å². The summed E-state index contributed by atoms with van der Waals surface area (Å²) in [7, 11) is 0. The fourth-order valence-corrected chi connectivity index (χ4v) is 1.96. The molecule has 0 aliphatic rings. The van der Waals surface area contributed by atoms with Gasteiger partial charge in [0.05, 0.1) is 0 Å². The molecule has 0 aromatic heterocycles. The number of hydrogen-bond donors (Lipinski definition) is 2. The molecule has 0 bridgehead atoms. The van der Waals surface area contributed by atoms with Crippen LogP contribution in [-0.4, -0.2) is 23.9 Å². The Balaban J connectivity index is 2.27. The van der Waals surface area contributed by atoms with E-state index in [0.717, 1.165) is 36.5 Å². The van der Waals surface area contributed by atoms with Crippen LogP contribution in [0.1, 0.15) is 19.3 Å². The zero-order valence-electron chi connectivity index (χ0n) is 9.74. The first kappa shape index (κ1) is 13.4. The van der Waals surface area contributed by atoms with Crippen LogP contribution in [0.2, 0.25) is 0 Å². The van der Waals surface area contributed by atoms with Gasteiger partial charge in [0.1, 0.15) is 6.26 Å². The van der Waals surface area contributed by atoms with E-state index in [4.69, 9.17) is 5.73 Å². The van der Waals surface area contributed by atoms with Gasteiger partial charge in [-0.05, 0) is 54.8 Å². The number of rotatable bonds is 7. The van der Waals surface area contributed by atoms with E-state index in [1.807, 2.05) is 24.3 Å². The standard InChI is InChI=1S/C12H20N2OS/c1-16(15)12-7-5-11(6-8-12)14-10-4-2-3-9-13/h5-8,14H,2-4,9-10,13H2,1H3. The van der Waals surface area contributed by atoms with Crippen molar-refractivity contribution >= 4 is 16.9 Å². The molecule has 0 spiro atoms. The lowest BCUT2D eigenvalue weighted by Gasteiger charge is -2.07. The highest BCUT2D eigenvalue weighted by molar-refractivity contribution is 7.90. The van der Waals surface area contributed by atoms with Crippen LogP contribution < -0.4 is 11.1 Å². The average molecular weight is 240 g/mol. The van der Waals surface area contributed by atoms with E-state index < -0.39 is 11.2 Å². The van der Waals surface area contributed by atoms with Crippen molar-refractivity contribution in [2.45, 2.75) is 24.2 Å². The highest BCUT2D eigenvalue weighted by Crippen LogP contribution is 2.13. The Labute approximate surface area is 101 Å². The highest BCUT2D eigenvalue weighted by atomic mass is 32.2. The van der Waals surface area contributed by atoms with Crippen molar-refractivity contribution in [3.05, 3.63) is 24.3 Å². The molecule has 0 aliphatic carbocycles. The second-order valence-electron chi connectivity index (χ2n) is 3.75. The van der Waals surface area contributed by atoms with Crippen LogP contribution in [-0.2, 0) is 11.2 Å². The molecule has 1 aromatic rings. The van der Waals surface area contributed by atoms with Gasteiger partial charge in [0.15, 0.2) is 4.90 Å². The van der Waals surface area contributed by atoms with Crippen LogP contribution in [0.15, 0.2) is 29.2 Å². The van der Waals surface area contributed by atoms with Crippen LogP contribution in [0.25, 0.3) is 0 Å². The molecule has 0 fully saturated rings. The molecule has 0 amide bonds. The second-order valence-corrected chi connectivity index (χ2v) is 5.13. The molecule has 4 heteroatoms. The number of hydrogen-bond acceptors (Lipinski definition) is 3. The van der Waals surface area contributed by atoms with Crippen LogP contribution in [0.3, 0.4) is 0 Å². The smallest absolute Gasteiger partial charge is 0.152 e. The molecule has 0 saturated carbocycles. The summed E-state index contributed by atoms with van der Waals surface area (Å²) >= 11 is -0.889. The topological polar surface area (TPSA) is 61.1 Å². The Morgan fingerprint density at radius 2 is 1.88 bits per heavy atom. The van der Waals surface area contributed by atoms with Crippen molar-refractivity contribution in [1.29, 1.82) is 0 Å².